The van der Waals surface area contributed by atoms with E-state index >= 15 is 0 Å². The molecule has 0 fully saturated rings. The molecule has 0 heterocycles. The summed E-state index contributed by atoms with van der Waals surface area (Å²) >= 11 is 3.11. The number of ether oxygens (including phenoxy) is 3. The van der Waals surface area contributed by atoms with Crippen LogP contribution in [-0.2, 0) is 0 Å². The molecule has 0 unspecified atom stereocenters. The van der Waals surface area contributed by atoms with Crippen LogP contribution in [0.25, 0.3) is 0 Å². The fourth-order valence-electron chi connectivity index (χ4n) is 1.62. The Balaban J connectivity index is 1.83. The molecule has 0 saturated carbocycles. The summed E-state index contributed by atoms with van der Waals surface area (Å²) in [5.74, 6) is 1.61. The molecule has 0 aliphatic carbocycles. The van der Waals surface area contributed by atoms with E-state index < -0.39 is 0 Å². The minimum atomic E-state index is -0.317. The molecule has 0 saturated heterocycles. The van der Waals surface area contributed by atoms with Gasteiger partial charge in [-0.15, -0.1) is 0 Å². The number of hydrogen-bond donors (Lipinski definition) is 0. The first-order chi connectivity index (χ1) is 9.70. The van der Waals surface area contributed by atoms with Crippen LogP contribution in [0.15, 0.2) is 46.9 Å². The lowest BCUT2D eigenvalue weighted by molar-refractivity contribution is 0.211. The van der Waals surface area contributed by atoms with Gasteiger partial charge in [0.1, 0.15) is 24.8 Å². The van der Waals surface area contributed by atoms with Crippen LogP contribution in [0.5, 0.6) is 17.2 Å². The maximum atomic E-state index is 13.1. The van der Waals surface area contributed by atoms with Crippen molar-refractivity contribution in [2.24, 2.45) is 0 Å². The summed E-state index contributed by atoms with van der Waals surface area (Å²) in [5, 5.41) is 0. The normalized spacial score (nSPS) is 10.2. The second kappa shape index (κ2) is 7.14. The second-order valence-corrected chi connectivity index (χ2v) is 4.78. The maximum absolute atomic E-state index is 13.1. The lowest BCUT2D eigenvalue weighted by atomic mass is 10.3. The number of para-hydroxylation sites is 2. The fourth-order valence-corrected chi connectivity index (χ4v) is 1.97. The summed E-state index contributed by atoms with van der Waals surface area (Å²) in [6, 6.07) is 11.9. The smallest absolute Gasteiger partial charge is 0.161 e. The van der Waals surface area contributed by atoms with Crippen LogP contribution < -0.4 is 14.2 Å². The highest BCUT2D eigenvalue weighted by molar-refractivity contribution is 9.10. The molecule has 2 aromatic rings. The van der Waals surface area contributed by atoms with Gasteiger partial charge in [-0.05, 0) is 46.3 Å². The predicted octanol–water partition coefficient (Wildman–Crippen LogP) is 4.05. The van der Waals surface area contributed by atoms with Gasteiger partial charge in [0.05, 0.1) is 11.6 Å². The van der Waals surface area contributed by atoms with Crippen molar-refractivity contribution in [3.8, 4) is 17.2 Å². The molecule has 20 heavy (non-hydrogen) atoms. The van der Waals surface area contributed by atoms with E-state index in [1.807, 2.05) is 24.3 Å². The standard InChI is InChI=1S/C15H14BrFO3/c1-18-14-4-2-3-5-15(14)20-9-8-19-11-6-7-13(17)12(16)10-11/h2-7,10H,8-9H2,1H3. The Labute approximate surface area is 125 Å². The number of rotatable bonds is 6. The van der Waals surface area contributed by atoms with Gasteiger partial charge in [0, 0.05) is 0 Å². The number of methoxy groups -OCH3 is 1. The van der Waals surface area contributed by atoms with E-state index in [0.29, 0.717) is 34.9 Å². The Hall–Kier alpha value is -1.75. The molecule has 0 amide bonds. The number of benzene rings is 2. The molecular formula is C15H14BrFO3. The van der Waals surface area contributed by atoms with Gasteiger partial charge in [-0.3, -0.25) is 0 Å². The van der Waals surface area contributed by atoms with Crippen LogP contribution >= 0.6 is 15.9 Å². The quantitative estimate of drug-likeness (QED) is 0.742. The SMILES string of the molecule is COc1ccccc1OCCOc1ccc(F)c(Br)c1. The third-order valence-electron chi connectivity index (χ3n) is 2.57. The van der Waals surface area contributed by atoms with Crippen molar-refractivity contribution < 1.29 is 18.6 Å². The highest BCUT2D eigenvalue weighted by atomic mass is 79.9. The Morgan fingerprint density at radius 3 is 2.40 bits per heavy atom. The van der Waals surface area contributed by atoms with E-state index in [2.05, 4.69) is 15.9 Å². The molecule has 0 atom stereocenters. The number of halogens is 2. The van der Waals surface area contributed by atoms with Crippen molar-refractivity contribution in [3.05, 3.63) is 52.8 Å². The minimum absolute atomic E-state index is 0.317. The summed E-state index contributed by atoms with van der Waals surface area (Å²) in [6.07, 6.45) is 0. The van der Waals surface area contributed by atoms with Gasteiger partial charge in [-0.1, -0.05) is 12.1 Å². The molecule has 3 nitrogen and oxygen atoms in total. The van der Waals surface area contributed by atoms with E-state index in [4.69, 9.17) is 14.2 Å². The molecule has 0 N–H and O–H groups in total. The Bertz CT molecular complexity index is 575. The lowest BCUT2D eigenvalue weighted by Crippen LogP contribution is -2.09. The first-order valence-electron chi connectivity index (χ1n) is 6.04. The van der Waals surface area contributed by atoms with Gasteiger partial charge < -0.3 is 14.2 Å². The third kappa shape index (κ3) is 3.87. The average molecular weight is 341 g/mol. The Morgan fingerprint density at radius 2 is 1.70 bits per heavy atom. The molecule has 0 radical (unpaired) electrons. The van der Waals surface area contributed by atoms with Crippen molar-refractivity contribution in [1.82, 2.24) is 0 Å². The summed E-state index contributed by atoms with van der Waals surface area (Å²) < 4.78 is 29.6. The monoisotopic (exact) mass is 340 g/mol. The van der Waals surface area contributed by atoms with Crippen molar-refractivity contribution in [2.45, 2.75) is 0 Å². The van der Waals surface area contributed by atoms with E-state index in [9.17, 15) is 4.39 Å². The number of hydrogen-bond acceptors (Lipinski definition) is 3. The van der Waals surface area contributed by atoms with Gasteiger partial charge in [-0.2, -0.15) is 0 Å². The minimum Gasteiger partial charge on any atom is -0.493 e. The van der Waals surface area contributed by atoms with Gasteiger partial charge in [0.15, 0.2) is 11.5 Å². The maximum Gasteiger partial charge on any atom is 0.161 e. The second-order valence-electron chi connectivity index (χ2n) is 3.92. The van der Waals surface area contributed by atoms with Gasteiger partial charge >= 0.3 is 0 Å². The molecule has 0 aromatic heterocycles. The summed E-state index contributed by atoms with van der Waals surface area (Å²) in [4.78, 5) is 0. The first kappa shape index (κ1) is 14.7. The predicted molar refractivity (Wildman–Crippen MR) is 78.1 cm³/mol. The molecule has 0 aliphatic heterocycles. The highest BCUT2D eigenvalue weighted by Crippen LogP contribution is 2.26. The summed E-state index contributed by atoms with van der Waals surface area (Å²) in [6.45, 7) is 0.728. The molecule has 106 valence electrons. The van der Waals surface area contributed by atoms with E-state index in [1.54, 1.807) is 19.2 Å². The van der Waals surface area contributed by atoms with Gasteiger partial charge in [-0.25, -0.2) is 4.39 Å². The third-order valence-corrected chi connectivity index (χ3v) is 3.18. The Morgan fingerprint density at radius 1 is 1.00 bits per heavy atom. The van der Waals surface area contributed by atoms with Gasteiger partial charge in [0.25, 0.3) is 0 Å². The first-order valence-corrected chi connectivity index (χ1v) is 6.83. The zero-order chi connectivity index (χ0) is 14.4. The zero-order valence-corrected chi connectivity index (χ0v) is 12.5. The summed E-state index contributed by atoms with van der Waals surface area (Å²) in [5.41, 5.74) is 0. The molecule has 0 spiro atoms. The van der Waals surface area contributed by atoms with E-state index in [0.717, 1.165) is 0 Å². The van der Waals surface area contributed by atoms with Crippen molar-refractivity contribution in [2.75, 3.05) is 20.3 Å². The van der Waals surface area contributed by atoms with Crippen LogP contribution in [0, 0.1) is 5.82 Å². The molecular weight excluding hydrogens is 327 g/mol. The molecule has 2 aromatic carbocycles. The van der Waals surface area contributed by atoms with Crippen LogP contribution in [0.1, 0.15) is 0 Å². The Kier molecular flexibility index (Phi) is 5.24. The lowest BCUT2D eigenvalue weighted by Gasteiger charge is -2.11. The van der Waals surface area contributed by atoms with Crippen LogP contribution in [0.3, 0.4) is 0 Å². The molecule has 0 bridgehead atoms. The average Bonchev–Trinajstić information content (AvgIpc) is 2.47. The largest absolute Gasteiger partial charge is 0.493 e. The van der Waals surface area contributed by atoms with Gasteiger partial charge in [0.2, 0.25) is 0 Å². The zero-order valence-electron chi connectivity index (χ0n) is 10.9. The van der Waals surface area contributed by atoms with Crippen molar-refractivity contribution >= 4 is 15.9 Å². The van der Waals surface area contributed by atoms with E-state index in [-0.39, 0.29) is 5.82 Å². The van der Waals surface area contributed by atoms with Crippen molar-refractivity contribution in [3.63, 3.8) is 0 Å². The van der Waals surface area contributed by atoms with E-state index in [1.165, 1.54) is 6.07 Å². The molecule has 2 rings (SSSR count). The molecule has 0 aliphatic rings. The van der Waals surface area contributed by atoms with Crippen LogP contribution in [0.2, 0.25) is 0 Å². The van der Waals surface area contributed by atoms with Crippen LogP contribution in [-0.4, -0.2) is 20.3 Å². The molecule has 5 heteroatoms. The van der Waals surface area contributed by atoms with Crippen molar-refractivity contribution in [1.29, 1.82) is 0 Å². The fraction of sp³-hybridized carbons (Fsp3) is 0.200. The summed E-state index contributed by atoms with van der Waals surface area (Å²) in [7, 11) is 1.59. The topological polar surface area (TPSA) is 27.7 Å². The van der Waals surface area contributed by atoms with Crippen LogP contribution in [0.4, 0.5) is 4.39 Å². The highest BCUT2D eigenvalue weighted by Gasteiger charge is 2.03.